The summed E-state index contributed by atoms with van der Waals surface area (Å²) in [7, 11) is 0. The lowest BCUT2D eigenvalue weighted by atomic mass is 9.74. The first kappa shape index (κ1) is 20.7. The summed E-state index contributed by atoms with van der Waals surface area (Å²) < 4.78 is 19.3. The molecule has 2 nitrogen and oxygen atoms in total. The maximum Gasteiger partial charge on any atom is 0.144 e. The van der Waals surface area contributed by atoms with Gasteiger partial charge in [-0.05, 0) is 36.8 Å². The molecule has 1 aliphatic carbocycles. The molecule has 1 fully saturated rings. The zero-order chi connectivity index (χ0) is 18.6. The Morgan fingerprint density at radius 2 is 1.73 bits per heavy atom. The van der Waals surface area contributed by atoms with Crippen molar-refractivity contribution in [3.8, 4) is 11.8 Å². The summed E-state index contributed by atoms with van der Waals surface area (Å²) in [6.07, 6.45) is 16.1. The molecule has 1 aliphatic rings. The summed E-state index contributed by atoms with van der Waals surface area (Å²) in [6.45, 7) is 2.90. The lowest BCUT2D eigenvalue weighted by molar-refractivity contribution is 0.190. The smallest absolute Gasteiger partial charge is 0.144 e. The number of ether oxygens (including phenoxy) is 1. The van der Waals surface area contributed by atoms with E-state index in [9.17, 15) is 4.39 Å². The van der Waals surface area contributed by atoms with Crippen molar-refractivity contribution >= 4 is 0 Å². The Morgan fingerprint density at radius 3 is 2.38 bits per heavy atom. The van der Waals surface area contributed by atoms with Gasteiger partial charge in [0.1, 0.15) is 17.6 Å². The number of halogens is 1. The third-order valence-electron chi connectivity index (χ3n) is 5.79. The molecule has 0 amide bonds. The highest BCUT2D eigenvalue weighted by molar-refractivity contribution is 5.36. The largest absolute Gasteiger partial charge is 0.493 e. The number of unbranched alkanes of at least 4 members (excludes halogenated alkanes) is 4. The maximum absolute atomic E-state index is 13.6. The molecule has 1 saturated carbocycles. The first-order valence-electron chi connectivity index (χ1n) is 10.6. The van der Waals surface area contributed by atoms with Gasteiger partial charge in [-0.3, -0.25) is 0 Å². The van der Waals surface area contributed by atoms with Crippen molar-refractivity contribution in [2.75, 3.05) is 6.61 Å². The van der Waals surface area contributed by atoms with Crippen LogP contribution in [0.25, 0.3) is 0 Å². The quantitative estimate of drug-likeness (QED) is 0.398. The van der Waals surface area contributed by atoms with Gasteiger partial charge in [-0.15, -0.1) is 0 Å². The number of hydrogen-bond acceptors (Lipinski definition) is 2. The molecule has 3 heteroatoms. The summed E-state index contributed by atoms with van der Waals surface area (Å²) in [5.74, 6) is 1.77. The molecule has 0 heterocycles. The highest BCUT2D eigenvalue weighted by Crippen LogP contribution is 2.36. The Bertz CT molecular complexity index is 566. The minimum absolute atomic E-state index is 0.0707. The van der Waals surface area contributed by atoms with Crippen LogP contribution in [0.5, 0.6) is 5.75 Å². The second-order valence-corrected chi connectivity index (χ2v) is 7.75. The van der Waals surface area contributed by atoms with Gasteiger partial charge in [0, 0.05) is 6.07 Å². The van der Waals surface area contributed by atoms with E-state index < -0.39 is 5.82 Å². The van der Waals surface area contributed by atoms with Crippen molar-refractivity contribution < 1.29 is 9.13 Å². The van der Waals surface area contributed by atoms with E-state index in [0.29, 0.717) is 12.4 Å². The third kappa shape index (κ3) is 6.98. The topological polar surface area (TPSA) is 33.0 Å². The van der Waals surface area contributed by atoms with Gasteiger partial charge in [-0.25, -0.2) is 4.39 Å². The van der Waals surface area contributed by atoms with Crippen LogP contribution in [0.15, 0.2) is 18.2 Å². The van der Waals surface area contributed by atoms with E-state index >= 15 is 0 Å². The lowest BCUT2D eigenvalue weighted by Crippen LogP contribution is -2.20. The average molecular weight is 360 g/mol. The first-order valence-corrected chi connectivity index (χ1v) is 10.6. The predicted octanol–water partition coefficient (Wildman–Crippen LogP) is 7.02. The SMILES string of the molecule is CCCCCCCC1CCCCC1CCCOc1ccc(C#N)c(F)c1. The normalized spacial score (nSPS) is 19.9. The van der Waals surface area contributed by atoms with Crippen molar-refractivity contribution in [3.63, 3.8) is 0 Å². The van der Waals surface area contributed by atoms with Crippen LogP contribution in [0.1, 0.15) is 89.5 Å². The number of benzene rings is 1. The molecule has 0 bridgehead atoms. The molecule has 2 rings (SSSR count). The predicted molar refractivity (Wildman–Crippen MR) is 105 cm³/mol. The molecule has 1 aromatic carbocycles. The van der Waals surface area contributed by atoms with E-state index in [4.69, 9.17) is 10.00 Å². The van der Waals surface area contributed by atoms with Gasteiger partial charge in [-0.1, -0.05) is 71.1 Å². The van der Waals surface area contributed by atoms with E-state index in [2.05, 4.69) is 6.92 Å². The van der Waals surface area contributed by atoms with E-state index in [1.807, 2.05) is 6.07 Å². The van der Waals surface area contributed by atoms with Crippen molar-refractivity contribution in [2.24, 2.45) is 11.8 Å². The van der Waals surface area contributed by atoms with Gasteiger partial charge in [0.05, 0.1) is 12.2 Å². The number of nitrogens with zero attached hydrogens (tertiary/aromatic N) is 1. The first-order chi connectivity index (χ1) is 12.7. The van der Waals surface area contributed by atoms with Crippen LogP contribution in [-0.4, -0.2) is 6.61 Å². The molecule has 144 valence electrons. The van der Waals surface area contributed by atoms with Gasteiger partial charge >= 0.3 is 0 Å². The van der Waals surface area contributed by atoms with Gasteiger partial charge < -0.3 is 4.74 Å². The van der Waals surface area contributed by atoms with Gasteiger partial charge in [0.15, 0.2) is 0 Å². The fraction of sp³-hybridized carbons (Fsp3) is 0.696. The molecule has 0 aromatic heterocycles. The summed E-state index contributed by atoms with van der Waals surface area (Å²) in [5, 5.41) is 8.77. The number of hydrogen-bond donors (Lipinski definition) is 0. The van der Waals surface area contributed by atoms with Crippen LogP contribution in [0, 0.1) is 29.0 Å². The molecule has 0 aliphatic heterocycles. The Morgan fingerprint density at radius 1 is 1.04 bits per heavy atom. The van der Waals surface area contributed by atoms with Crippen LogP contribution in [0.4, 0.5) is 4.39 Å². The Labute approximate surface area is 158 Å². The Kier molecular flexibility index (Phi) is 9.53. The minimum Gasteiger partial charge on any atom is -0.493 e. The summed E-state index contributed by atoms with van der Waals surface area (Å²) in [4.78, 5) is 0. The standard InChI is InChI=1S/C23H34FNO/c1-2-3-4-5-6-10-19-11-7-8-12-20(19)13-9-16-26-22-15-14-21(18-25)23(24)17-22/h14-15,17,19-20H,2-13,16H2,1H3. The monoisotopic (exact) mass is 359 g/mol. The van der Waals surface area contributed by atoms with Crippen molar-refractivity contribution in [1.29, 1.82) is 5.26 Å². The highest BCUT2D eigenvalue weighted by atomic mass is 19.1. The van der Waals surface area contributed by atoms with Gasteiger partial charge in [0.2, 0.25) is 0 Å². The molecule has 0 radical (unpaired) electrons. The molecule has 1 aromatic rings. The fourth-order valence-electron chi connectivity index (χ4n) is 4.27. The van der Waals surface area contributed by atoms with E-state index in [-0.39, 0.29) is 5.56 Å². The average Bonchev–Trinajstić information content (AvgIpc) is 2.66. The van der Waals surface area contributed by atoms with E-state index in [0.717, 1.165) is 18.3 Å². The summed E-state index contributed by atoms with van der Waals surface area (Å²) >= 11 is 0. The van der Waals surface area contributed by atoms with Crippen molar-refractivity contribution in [1.82, 2.24) is 0 Å². The molecular formula is C23H34FNO. The fourth-order valence-corrected chi connectivity index (χ4v) is 4.27. The maximum atomic E-state index is 13.6. The number of rotatable bonds is 11. The Balaban J connectivity index is 1.67. The van der Waals surface area contributed by atoms with Gasteiger partial charge in [-0.2, -0.15) is 5.26 Å². The van der Waals surface area contributed by atoms with Crippen LogP contribution >= 0.6 is 0 Å². The van der Waals surface area contributed by atoms with Crippen molar-refractivity contribution in [3.05, 3.63) is 29.6 Å². The second-order valence-electron chi connectivity index (χ2n) is 7.75. The van der Waals surface area contributed by atoms with Gasteiger partial charge in [0.25, 0.3) is 0 Å². The zero-order valence-corrected chi connectivity index (χ0v) is 16.3. The molecule has 0 spiro atoms. The van der Waals surface area contributed by atoms with Crippen LogP contribution in [0.3, 0.4) is 0 Å². The third-order valence-corrected chi connectivity index (χ3v) is 5.79. The van der Waals surface area contributed by atoms with Crippen LogP contribution in [-0.2, 0) is 0 Å². The lowest BCUT2D eigenvalue weighted by Gasteiger charge is -2.31. The summed E-state index contributed by atoms with van der Waals surface area (Å²) in [5.41, 5.74) is 0.0707. The molecule has 2 atom stereocenters. The Hall–Kier alpha value is -1.56. The molecule has 0 N–H and O–H groups in total. The molecular weight excluding hydrogens is 325 g/mol. The van der Waals surface area contributed by atoms with E-state index in [1.54, 1.807) is 6.07 Å². The highest BCUT2D eigenvalue weighted by Gasteiger charge is 2.24. The minimum atomic E-state index is -0.500. The molecule has 2 unspecified atom stereocenters. The van der Waals surface area contributed by atoms with E-state index in [1.165, 1.54) is 82.8 Å². The molecule has 26 heavy (non-hydrogen) atoms. The number of nitriles is 1. The zero-order valence-electron chi connectivity index (χ0n) is 16.3. The molecule has 0 saturated heterocycles. The van der Waals surface area contributed by atoms with Crippen LogP contribution in [0.2, 0.25) is 0 Å². The summed E-state index contributed by atoms with van der Waals surface area (Å²) in [6, 6.07) is 6.32. The second kappa shape index (κ2) is 11.9. The van der Waals surface area contributed by atoms with Crippen LogP contribution < -0.4 is 4.74 Å². The van der Waals surface area contributed by atoms with Crippen molar-refractivity contribution in [2.45, 2.75) is 84.0 Å².